The molecular formula is C15H18N4OS. The van der Waals surface area contributed by atoms with Crippen molar-refractivity contribution >= 4 is 11.8 Å². The predicted octanol–water partition coefficient (Wildman–Crippen LogP) is 3.21. The van der Waals surface area contributed by atoms with Crippen molar-refractivity contribution in [2.24, 2.45) is 0 Å². The van der Waals surface area contributed by atoms with E-state index >= 15 is 0 Å². The van der Waals surface area contributed by atoms with Crippen molar-refractivity contribution in [3.8, 4) is 11.8 Å². The maximum absolute atomic E-state index is 8.73. The van der Waals surface area contributed by atoms with Gasteiger partial charge in [-0.3, -0.25) is 0 Å². The van der Waals surface area contributed by atoms with Crippen molar-refractivity contribution in [1.29, 1.82) is 5.26 Å². The summed E-state index contributed by atoms with van der Waals surface area (Å²) in [7, 11) is 0. The van der Waals surface area contributed by atoms with E-state index in [-0.39, 0.29) is 0 Å². The number of thioether (sulfide) groups is 1. The molecule has 1 aromatic carbocycles. The first-order chi connectivity index (χ1) is 10.1. The molecule has 0 radical (unpaired) electrons. The van der Waals surface area contributed by atoms with Crippen LogP contribution in [0.5, 0.6) is 5.75 Å². The molecule has 5 nitrogen and oxygen atoms in total. The van der Waals surface area contributed by atoms with Gasteiger partial charge in [-0.15, -0.1) is 10.2 Å². The second kappa shape index (κ2) is 7.14. The zero-order valence-corrected chi connectivity index (χ0v) is 13.2. The van der Waals surface area contributed by atoms with Gasteiger partial charge < -0.3 is 9.30 Å². The van der Waals surface area contributed by atoms with E-state index in [2.05, 4.69) is 34.7 Å². The molecule has 110 valence electrons. The van der Waals surface area contributed by atoms with Crippen LogP contribution in [0.3, 0.4) is 0 Å². The van der Waals surface area contributed by atoms with E-state index in [0.29, 0.717) is 18.2 Å². The number of nitriles is 1. The summed E-state index contributed by atoms with van der Waals surface area (Å²) in [5.74, 6) is 2.50. The Bertz CT molecular complexity index is 628. The number of hydrogen-bond donors (Lipinski definition) is 0. The second-order valence-corrected chi connectivity index (χ2v) is 5.89. The molecule has 0 saturated heterocycles. The maximum Gasteiger partial charge on any atom is 0.191 e. The van der Waals surface area contributed by atoms with E-state index in [1.54, 1.807) is 23.9 Å². The van der Waals surface area contributed by atoms with Gasteiger partial charge in [0.1, 0.15) is 11.6 Å². The second-order valence-electron chi connectivity index (χ2n) is 4.83. The van der Waals surface area contributed by atoms with Crippen LogP contribution in [0, 0.1) is 18.3 Å². The number of benzene rings is 1. The molecular weight excluding hydrogens is 284 g/mol. The van der Waals surface area contributed by atoms with Crippen LogP contribution in [0.25, 0.3) is 0 Å². The van der Waals surface area contributed by atoms with Gasteiger partial charge in [0.05, 0.1) is 18.2 Å². The summed E-state index contributed by atoms with van der Waals surface area (Å²) in [5.41, 5.74) is 0.636. The average molecular weight is 302 g/mol. The summed E-state index contributed by atoms with van der Waals surface area (Å²) < 4.78 is 7.76. The molecule has 0 atom stereocenters. The molecule has 2 rings (SSSR count). The lowest BCUT2D eigenvalue weighted by Gasteiger charge is -2.11. The largest absolute Gasteiger partial charge is 0.493 e. The molecule has 0 saturated carbocycles. The molecule has 0 unspecified atom stereocenters. The highest BCUT2D eigenvalue weighted by molar-refractivity contribution is 7.99. The normalized spacial score (nSPS) is 10.6. The van der Waals surface area contributed by atoms with Gasteiger partial charge in [0.2, 0.25) is 0 Å². The fraction of sp³-hybridized carbons (Fsp3) is 0.400. The molecule has 0 bridgehead atoms. The third kappa shape index (κ3) is 3.99. The fourth-order valence-corrected chi connectivity index (χ4v) is 2.89. The number of aromatic nitrogens is 3. The lowest BCUT2D eigenvalue weighted by Crippen LogP contribution is -2.06. The molecule has 0 aliphatic rings. The molecule has 0 spiro atoms. The summed E-state index contributed by atoms with van der Waals surface area (Å²) in [6.45, 7) is 6.78. The lowest BCUT2D eigenvalue weighted by atomic mass is 10.2. The Balaban J connectivity index is 1.83. The van der Waals surface area contributed by atoms with Crippen LogP contribution in [0.2, 0.25) is 0 Å². The Hall–Kier alpha value is -2.00. The highest BCUT2D eigenvalue weighted by Gasteiger charge is 2.11. The molecule has 6 heteroatoms. The molecule has 0 N–H and O–H groups in total. The van der Waals surface area contributed by atoms with Gasteiger partial charge in [-0.05, 0) is 45.0 Å². The monoisotopic (exact) mass is 302 g/mol. The van der Waals surface area contributed by atoms with Crippen LogP contribution in [-0.4, -0.2) is 27.1 Å². The van der Waals surface area contributed by atoms with Gasteiger partial charge in [0.25, 0.3) is 0 Å². The first kappa shape index (κ1) is 15.4. The van der Waals surface area contributed by atoms with Gasteiger partial charge in [0.15, 0.2) is 5.16 Å². The third-order valence-corrected chi connectivity index (χ3v) is 3.83. The Morgan fingerprint density at radius 3 is 2.62 bits per heavy atom. The van der Waals surface area contributed by atoms with Gasteiger partial charge in [-0.2, -0.15) is 5.26 Å². The van der Waals surface area contributed by atoms with Crippen LogP contribution >= 0.6 is 11.8 Å². The molecule has 1 heterocycles. The van der Waals surface area contributed by atoms with Gasteiger partial charge in [-0.25, -0.2) is 0 Å². The quantitative estimate of drug-likeness (QED) is 0.605. The predicted molar refractivity (Wildman–Crippen MR) is 82.5 cm³/mol. The van der Waals surface area contributed by atoms with Crippen LogP contribution in [-0.2, 0) is 0 Å². The van der Waals surface area contributed by atoms with Crippen LogP contribution in [0.1, 0.15) is 31.3 Å². The van der Waals surface area contributed by atoms with Crippen molar-refractivity contribution < 1.29 is 4.74 Å². The number of nitrogens with zero attached hydrogens (tertiary/aromatic N) is 4. The molecule has 2 aromatic rings. The highest BCUT2D eigenvalue weighted by atomic mass is 32.2. The minimum atomic E-state index is 0.349. The van der Waals surface area contributed by atoms with E-state index < -0.39 is 0 Å². The van der Waals surface area contributed by atoms with Crippen LogP contribution < -0.4 is 4.74 Å². The van der Waals surface area contributed by atoms with Crippen LogP contribution in [0.15, 0.2) is 29.4 Å². The SMILES string of the molecule is Cc1nnc(SCCOc2ccc(C#N)cc2)n1C(C)C. The van der Waals surface area contributed by atoms with E-state index in [1.807, 2.05) is 19.1 Å². The first-order valence-electron chi connectivity index (χ1n) is 6.79. The summed E-state index contributed by atoms with van der Waals surface area (Å²) in [6.07, 6.45) is 0. The summed E-state index contributed by atoms with van der Waals surface area (Å²) in [5, 5.41) is 18.0. The smallest absolute Gasteiger partial charge is 0.191 e. The fourth-order valence-electron chi connectivity index (χ4n) is 1.96. The zero-order chi connectivity index (χ0) is 15.2. The molecule has 0 amide bonds. The van der Waals surface area contributed by atoms with E-state index in [0.717, 1.165) is 22.5 Å². The Morgan fingerprint density at radius 1 is 1.29 bits per heavy atom. The molecule has 1 aromatic heterocycles. The van der Waals surface area contributed by atoms with Crippen molar-refractivity contribution in [1.82, 2.24) is 14.8 Å². The summed E-state index contributed by atoms with van der Waals surface area (Å²) in [4.78, 5) is 0. The van der Waals surface area contributed by atoms with Crippen molar-refractivity contribution in [2.45, 2.75) is 32.0 Å². The van der Waals surface area contributed by atoms with E-state index in [1.165, 1.54) is 0 Å². The topological polar surface area (TPSA) is 63.7 Å². The molecule has 0 aliphatic heterocycles. The maximum atomic E-state index is 8.73. The van der Waals surface area contributed by atoms with Crippen LogP contribution in [0.4, 0.5) is 0 Å². The third-order valence-electron chi connectivity index (χ3n) is 2.92. The number of ether oxygens (including phenoxy) is 1. The zero-order valence-electron chi connectivity index (χ0n) is 12.4. The van der Waals surface area contributed by atoms with Gasteiger partial charge in [0, 0.05) is 11.8 Å². The Morgan fingerprint density at radius 2 is 2.00 bits per heavy atom. The van der Waals surface area contributed by atoms with E-state index in [9.17, 15) is 0 Å². The molecule has 0 fully saturated rings. The molecule has 0 aliphatic carbocycles. The van der Waals surface area contributed by atoms with Gasteiger partial charge >= 0.3 is 0 Å². The highest BCUT2D eigenvalue weighted by Crippen LogP contribution is 2.21. The lowest BCUT2D eigenvalue weighted by molar-refractivity contribution is 0.343. The standard InChI is InChI=1S/C15H18N4OS/c1-11(2)19-12(3)17-18-15(19)21-9-8-20-14-6-4-13(10-16)5-7-14/h4-7,11H,8-9H2,1-3H3. The Labute approximate surface area is 128 Å². The minimum absolute atomic E-state index is 0.349. The summed E-state index contributed by atoms with van der Waals surface area (Å²) >= 11 is 1.64. The summed E-state index contributed by atoms with van der Waals surface area (Å²) in [6, 6.07) is 9.55. The minimum Gasteiger partial charge on any atom is -0.493 e. The first-order valence-corrected chi connectivity index (χ1v) is 7.77. The Kier molecular flexibility index (Phi) is 5.23. The van der Waals surface area contributed by atoms with Crippen molar-refractivity contribution in [3.63, 3.8) is 0 Å². The number of hydrogen-bond acceptors (Lipinski definition) is 5. The van der Waals surface area contributed by atoms with Crippen molar-refractivity contribution in [2.75, 3.05) is 12.4 Å². The molecule has 21 heavy (non-hydrogen) atoms. The van der Waals surface area contributed by atoms with Crippen molar-refractivity contribution in [3.05, 3.63) is 35.7 Å². The van der Waals surface area contributed by atoms with Gasteiger partial charge in [-0.1, -0.05) is 11.8 Å². The number of aryl methyl sites for hydroxylation is 1. The number of rotatable bonds is 6. The van der Waals surface area contributed by atoms with E-state index in [4.69, 9.17) is 10.00 Å². The average Bonchev–Trinajstić information content (AvgIpc) is 2.85.